The number of anilines is 1. The van der Waals surface area contributed by atoms with Gasteiger partial charge >= 0.3 is 12.3 Å². The first-order valence-electron chi connectivity index (χ1n) is 7.99. The minimum absolute atomic E-state index is 0.0167. The highest BCUT2D eigenvalue weighted by molar-refractivity contribution is 7.99. The Morgan fingerprint density at radius 1 is 1.32 bits per heavy atom. The zero-order valence-electron chi connectivity index (χ0n) is 14.3. The molecule has 0 aromatic carbocycles. The van der Waals surface area contributed by atoms with E-state index < -0.39 is 17.3 Å². The van der Waals surface area contributed by atoms with E-state index in [9.17, 15) is 18.0 Å². The van der Waals surface area contributed by atoms with Crippen LogP contribution in [0.5, 0.6) is 0 Å². The number of nitrogens with zero attached hydrogens (tertiary/aromatic N) is 3. The Morgan fingerprint density at radius 3 is 2.68 bits per heavy atom. The van der Waals surface area contributed by atoms with Gasteiger partial charge < -0.3 is 14.5 Å². The zero-order chi connectivity index (χ0) is 18.4. The molecule has 0 unspecified atom stereocenters. The minimum atomic E-state index is -4.39. The SMILES string of the molecule is CC(C)(C)OC(=O)N1CCN2c3ncc(C(F)(F)F)cc3SC[C@@H]2C1. The summed E-state index contributed by atoms with van der Waals surface area (Å²) in [6.07, 6.45) is -3.88. The number of rotatable bonds is 0. The number of hydrogen-bond acceptors (Lipinski definition) is 5. The first-order chi connectivity index (χ1) is 11.5. The lowest BCUT2D eigenvalue weighted by atomic mass is 10.1. The van der Waals surface area contributed by atoms with Crippen molar-refractivity contribution >= 4 is 23.7 Å². The van der Waals surface area contributed by atoms with Gasteiger partial charge in [-0.25, -0.2) is 9.78 Å². The standard InChI is InChI=1S/C16H20F3N3O2S/c1-15(2,3)24-14(23)21-4-5-22-11(8-21)9-25-12-6-10(16(17,18)19)7-20-13(12)22/h6-7,11H,4-5,8-9H2,1-3H3/t11-/m0/s1. The molecular weight excluding hydrogens is 355 g/mol. The lowest BCUT2D eigenvalue weighted by Gasteiger charge is -2.44. The molecule has 2 aliphatic rings. The van der Waals surface area contributed by atoms with Crippen molar-refractivity contribution in [3.05, 3.63) is 17.8 Å². The van der Waals surface area contributed by atoms with Gasteiger partial charge in [-0.3, -0.25) is 0 Å². The summed E-state index contributed by atoms with van der Waals surface area (Å²) in [5, 5.41) is 0. The van der Waals surface area contributed by atoms with Gasteiger partial charge in [0, 0.05) is 31.6 Å². The smallest absolute Gasteiger partial charge is 0.417 e. The van der Waals surface area contributed by atoms with Crippen LogP contribution in [0.15, 0.2) is 17.2 Å². The predicted octanol–water partition coefficient (Wildman–Crippen LogP) is 3.63. The van der Waals surface area contributed by atoms with Gasteiger partial charge in [-0.05, 0) is 26.8 Å². The van der Waals surface area contributed by atoms with Crippen LogP contribution in [0.3, 0.4) is 0 Å². The van der Waals surface area contributed by atoms with Crippen molar-refractivity contribution in [3.63, 3.8) is 0 Å². The lowest BCUT2D eigenvalue weighted by Crippen LogP contribution is -2.57. The van der Waals surface area contributed by atoms with Crippen molar-refractivity contribution in [1.82, 2.24) is 9.88 Å². The van der Waals surface area contributed by atoms with Crippen LogP contribution in [0.25, 0.3) is 0 Å². The maximum absolute atomic E-state index is 12.8. The van der Waals surface area contributed by atoms with E-state index in [0.29, 0.717) is 36.1 Å². The Kier molecular flexibility index (Phi) is 4.55. The fourth-order valence-corrected chi connectivity index (χ4v) is 4.04. The largest absolute Gasteiger partial charge is 0.444 e. The number of halogens is 3. The number of amides is 1. The molecule has 0 spiro atoms. The number of carbonyl (C=O) groups is 1. The Labute approximate surface area is 148 Å². The normalized spacial score (nSPS) is 20.8. The average Bonchev–Trinajstić information content (AvgIpc) is 2.51. The van der Waals surface area contributed by atoms with Crippen LogP contribution in [-0.2, 0) is 10.9 Å². The summed E-state index contributed by atoms with van der Waals surface area (Å²) in [5.41, 5.74) is -1.29. The second-order valence-electron chi connectivity index (χ2n) is 7.13. The van der Waals surface area contributed by atoms with Gasteiger partial charge in [-0.1, -0.05) is 0 Å². The first-order valence-corrected chi connectivity index (χ1v) is 8.98. The summed E-state index contributed by atoms with van der Waals surface area (Å²) in [7, 11) is 0. The van der Waals surface area contributed by atoms with E-state index >= 15 is 0 Å². The highest BCUT2D eigenvalue weighted by Gasteiger charge is 2.38. The molecule has 1 aromatic heterocycles. The zero-order valence-corrected chi connectivity index (χ0v) is 15.1. The molecule has 0 radical (unpaired) electrons. The van der Waals surface area contributed by atoms with Crippen LogP contribution in [0, 0.1) is 0 Å². The molecular formula is C16H20F3N3O2S. The van der Waals surface area contributed by atoms with Crippen molar-refractivity contribution in [2.24, 2.45) is 0 Å². The third kappa shape index (κ3) is 3.96. The molecule has 138 valence electrons. The molecule has 0 saturated carbocycles. The van der Waals surface area contributed by atoms with Crippen LogP contribution in [0.1, 0.15) is 26.3 Å². The Morgan fingerprint density at radius 2 is 2.04 bits per heavy atom. The highest BCUT2D eigenvalue weighted by atomic mass is 32.2. The van der Waals surface area contributed by atoms with Crippen LogP contribution in [0.4, 0.5) is 23.8 Å². The van der Waals surface area contributed by atoms with E-state index in [2.05, 4.69) is 4.98 Å². The molecule has 0 bridgehead atoms. The van der Waals surface area contributed by atoms with Crippen LogP contribution >= 0.6 is 11.8 Å². The summed E-state index contributed by atoms with van der Waals surface area (Å²) < 4.78 is 43.9. The number of ether oxygens (including phenoxy) is 1. The number of alkyl halides is 3. The fourth-order valence-electron chi connectivity index (χ4n) is 2.87. The van der Waals surface area contributed by atoms with Gasteiger partial charge in [0.2, 0.25) is 0 Å². The average molecular weight is 375 g/mol. The molecule has 5 nitrogen and oxygen atoms in total. The summed E-state index contributed by atoms with van der Waals surface area (Å²) in [4.78, 5) is 20.5. The van der Waals surface area contributed by atoms with Crippen molar-refractivity contribution in [1.29, 1.82) is 0 Å². The molecule has 1 fully saturated rings. The molecule has 25 heavy (non-hydrogen) atoms. The molecule has 1 saturated heterocycles. The van der Waals surface area contributed by atoms with E-state index in [1.54, 1.807) is 4.90 Å². The second kappa shape index (κ2) is 6.26. The number of carbonyl (C=O) groups excluding carboxylic acids is 1. The number of piperazine rings is 1. The van der Waals surface area contributed by atoms with E-state index in [-0.39, 0.29) is 12.1 Å². The molecule has 3 heterocycles. The van der Waals surface area contributed by atoms with Gasteiger partial charge in [0.05, 0.1) is 16.5 Å². The van der Waals surface area contributed by atoms with E-state index in [0.717, 1.165) is 12.3 Å². The van der Waals surface area contributed by atoms with Crippen LogP contribution in [-0.4, -0.2) is 53.0 Å². The third-order valence-corrected chi connectivity index (χ3v) is 5.16. The Bertz CT molecular complexity index is 676. The monoisotopic (exact) mass is 375 g/mol. The molecule has 1 atom stereocenters. The quantitative estimate of drug-likeness (QED) is 0.693. The molecule has 0 aliphatic carbocycles. The molecule has 0 N–H and O–H groups in total. The number of aromatic nitrogens is 1. The maximum atomic E-state index is 12.8. The lowest BCUT2D eigenvalue weighted by molar-refractivity contribution is -0.138. The van der Waals surface area contributed by atoms with Crippen molar-refractivity contribution < 1.29 is 22.7 Å². The number of hydrogen-bond donors (Lipinski definition) is 0. The third-order valence-electron chi connectivity index (χ3n) is 4.00. The fraction of sp³-hybridized carbons (Fsp3) is 0.625. The molecule has 1 amide bonds. The van der Waals surface area contributed by atoms with Crippen LogP contribution < -0.4 is 4.90 Å². The van der Waals surface area contributed by atoms with Gasteiger partial charge in [0.25, 0.3) is 0 Å². The molecule has 3 rings (SSSR count). The number of thioether (sulfide) groups is 1. The summed E-state index contributed by atoms with van der Waals surface area (Å²) in [5.74, 6) is 1.17. The summed E-state index contributed by atoms with van der Waals surface area (Å²) in [6.45, 7) is 6.90. The highest BCUT2D eigenvalue weighted by Crippen LogP contribution is 2.40. The minimum Gasteiger partial charge on any atom is -0.444 e. The topological polar surface area (TPSA) is 45.7 Å². The first kappa shape index (κ1) is 18.2. The second-order valence-corrected chi connectivity index (χ2v) is 8.19. The van der Waals surface area contributed by atoms with Crippen molar-refractivity contribution in [3.8, 4) is 0 Å². The van der Waals surface area contributed by atoms with Gasteiger partial charge in [-0.15, -0.1) is 11.8 Å². The Balaban J connectivity index is 1.74. The summed E-state index contributed by atoms with van der Waals surface area (Å²) >= 11 is 1.35. The van der Waals surface area contributed by atoms with Gasteiger partial charge in [0.15, 0.2) is 0 Å². The Hall–Kier alpha value is -1.64. The molecule has 1 aromatic rings. The predicted molar refractivity (Wildman–Crippen MR) is 88.9 cm³/mol. The molecule has 2 aliphatic heterocycles. The van der Waals surface area contributed by atoms with E-state index in [4.69, 9.17) is 4.74 Å². The molecule has 9 heteroatoms. The summed E-state index contributed by atoms with van der Waals surface area (Å²) in [6, 6.07) is 1.17. The van der Waals surface area contributed by atoms with Gasteiger partial charge in [0.1, 0.15) is 11.4 Å². The van der Waals surface area contributed by atoms with E-state index in [1.165, 1.54) is 11.8 Å². The van der Waals surface area contributed by atoms with Crippen LogP contribution in [0.2, 0.25) is 0 Å². The number of pyridine rings is 1. The van der Waals surface area contributed by atoms with Crippen molar-refractivity contribution in [2.45, 2.75) is 43.5 Å². The van der Waals surface area contributed by atoms with Gasteiger partial charge in [-0.2, -0.15) is 13.2 Å². The van der Waals surface area contributed by atoms with E-state index in [1.807, 2.05) is 25.7 Å². The number of fused-ring (bicyclic) bond motifs is 3. The maximum Gasteiger partial charge on any atom is 0.417 e. The van der Waals surface area contributed by atoms with Crippen molar-refractivity contribution in [2.75, 3.05) is 30.3 Å².